The van der Waals surface area contributed by atoms with Crippen LogP contribution >= 0.6 is 0 Å². The van der Waals surface area contributed by atoms with Crippen LogP contribution in [0.5, 0.6) is 0 Å². The third-order valence-corrected chi connectivity index (χ3v) is 5.15. The first kappa shape index (κ1) is 17.3. The molecule has 2 aromatic carbocycles. The molecule has 29 heavy (non-hydrogen) atoms. The van der Waals surface area contributed by atoms with Crippen LogP contribution in [0.25, 0.3) is 27.9 Å². The number of aromatic nitrogens is 5. The van der Waals surface area contributed by atoms with Crippen molar-refractivity contribution in [2.45, 2.75) is 13.8 Å². The molecule has 0 unspecified atom stereocenters. The number of hydrogen-bond donors (Lipinski definition) is 0. The summed E-state index contributed by atoms with van der Waals surface area (Å²) in [7, 11) is 2.02. The summed E-state index contributed by atoms with van der Waals surface area (Å²) in [6.07, 6.45) is 3.60. The summed E-state index contributed by atoms with van der Waals surface area (Å²) in [6, 6.07) is 18.8. The van der Waals surface area contributed by atoms with Gasteiger partial charge in [0.05, 0.1) is 11.2 Å². The second-order valence-corrected chi connectivity index (χ2v) is 7.29. The summed E-state index contributed by atoms with van der Waals surface area (Å²) in [6.45, 7) is 4.12. The number of nitrogens with zero attached hydrogens (tertiary/aromatic N) is 6. The van der Waals surface area contributed by atoms with Crippen LogP contribution in [-0.4, -0.2) is 31.6 Å². The van der Waals surface area contributed by atoms with Crippen molar-refractivity contribution in [3.8, 4) is 11.3 Å². The first-order chi connectivity index (χ1) is 14.1. The Morgan fingerprint density at radius 1 is 0.931 bits per heavy atom. The maximum atomic E-state index is 4.78. The fraction of sp³-hybridized carbons (Fsp3) is 0.130. The molecule has 0 fully saturated rings. The third-order valence-electron chi connectivity index (χ3n) is 5.15. The summed E-state index contributed by atoms with van der Waals surface area (Å²) in [5, 5.41) is 9.26. The molecule has 0 N–H and O–H groups in total. The molecule has 0 aliphatic carbocycles. The van der Waals surface area contributed by atoms with Crippen LogP contribution < -0.4 is 4.90 Å². The molecule has 0 aliphatic rings. The van der Waals surface area contributed by atoms with Gasteiger partial charge in [0.2, 0.25) is 0 Å². The largest absolute Gasteiger partial charge is 0.329 e. The molecule has 6 nitrogen and oxygen atoms in total. The third kappa shape index (κ3) is 2.99. The summed E-state index contributed by atoms with van der Waals surface area (Å²) in [5.41, 5.74) is 6.42. The molecule has 0 bridgehead atoms. The topological polar surface area (TPSA) is 59.2 Å². The van der Waals surface area contributed by atoms with Crippen molar-refractivity contribution in [2.75, 3.05) is 11.9 Å². The lowest BCUT2D eigenvalue weighted by molar-refractivity contribution is 1.08. The van der Waals surface area contributed by atoms with Crippen LogP contribution in [0.3, 0.4) is 0 Å². The van der Waals surface area contributed by atoms with Crippen molar-refractivity contribution in [3.05, 3.63) is 78.2 Å². The molecular weight excluding hydrogens is 360 g/mol. The Hall–Kier alpha value is -3.80. The van der Waals surface area contributed by atoms with Gasteiger partial charge in [-0.05, 0) is 55.3 Å². The van der Waals surface area contributed by atoms with Crippen LogP contribution in [-0.2, 0) is 0 Å². The maximum absolute atomic E-state index is 4.78. The van der Waals surface area contributed by atoms with E-state index in [1.165, 1.54) is 5.56 Å². The molecule has 142 valence electrons. The zero-order valence-electron chi connectivity index (χ0n) is 16.5. The lowest BCUT2D eigenvalue weighted by Gasteiger charge is -2.21. The Morgan fingerprint density at radius 3 is 2.62 bits per heavy atom. The van der Waals surface area contributed by atoms with Gasteiger partial charge in [0, 0.05) is 29.9 Å². The minimum absolute atomic E-state index is 0.585. The molecule has 0 saturated carbocycles. The van der Waals surface area contributed by atoms with E-state index in [0.29, 0.717) is 5.78 Å². The fourth-order valence-corrected chi connectivity index (χ4v) is 3.55. The van der Waals surface area contributed by atoms with E-state index in [2.05, 4.69) is 69.5 Å². The number of benzene rings is 2. The van der Waals surface area contributed by atoms with Gasteiger partial charge in [0.1, 0.15) is 12.1 Å². The first-order valence-corrected chi connectivity index (χ1v) is 9.47. The summed E-state index contributed by atoms with van der Waals surface area (Å²) < 4.78 is 1.92. The van der Waals surface area contributed by atoms with Crippen molar-refractivity contribution in [1.82, 2.24) is 24.6 Å². The predicted molar refractivity (Wildman–Crippen MR) is 115 cm³/mol. The number of aryl methyl sites for hydroxylation is 2. The Labute approximate surface area is 168 Å². The molecule has 0 radical (unpaired) electrons. The Balaban J connectivity index is 1.65. The van der Waals surface area contributed by atoms with Crippen molar-refractivity contribution < 1.29 is 0 Å². The molecule has 0 atom stereocenters. The highest BCUT2D eigenvalue weighted by molar-refractivity contribution is 5.94. The number of pyridine rings is 1. The van der Waals surface area contributed by atoms with Crippen LogP contribution in [0.4, 0.5) is 11.5 Å². The standard InChI is InChI=1S/C23H20N6/c1-15-7-9-19-21(11-15)29-14-25-27-23(29)26-22(19)28(3)18-6-4-5-17(12-18)20-10-8-16(2)13-24-20/h4-14H,1-3H3. The van der Waals surface area contributed by atoms with E-state index >= 15 is 0 Å². The van der Waals surface area contributed by atoms with Gasteiger partial charge in [-0.2, -0.15) is 4.98 Å². The zero-order chi connectivity index (χ0) is 20.0. The molecule has 6 heteroatoms. The van der Waals surface area contributed by atoms with Crippen LogP contribution in [0, 0.1) is 13.8 Å². The Kier molecular flexibility index (Phi) is 3.98. The fourth-order valence-electron chi connectivity index (χ4n) is 3.55. The number of anilines is 2. The van der Waals surface area contributed by atoms with Crippen LogP contribution in [0.1, 0.15) is 11.1 Å². The molecule has 0 amide bonds. The first-order valence-electron chi connectivity index (χ1n) is 9.47. The zero-order valence-corrected chi connectivity index (χ0v) is 16.5. The highest BCUT2D eigenvalue weighted by atomic mass is 15.3. The minimum atomic E-state index is 0.585. The number of hydrogen-bond acceptors (Lipinski definition) is 5. The lowest BCUT2D eigenvalue weighted by Crippen LogP contribution is -2.13. The van der Waals surface area contributed by atoms with Crippen LogP contribution in [0.15, 0.2) is 67.1 Å². The average Bonchev–Trinajstić information content (AvgIpc) is 3.22. The Morgan fingerprint density at radius 2 is 1.79 bits per heavy atom. The SMILES string of the molecule is Cc1ccc(-c2cccc(N(C)c3nc4nncn4c4cc(C)ccc34)c2)nc1. The highest BCUT2D eigenvalue weighted by Gasteiger charge is 2.15. The van der Waals surface area contributed by atoms with E-state index in [1.807, 2.05) is 36.7 Å². The van der Waals surface area contributed by atoms with Gasteiger partial charge < -0.3 is 4.90 Å². The number of fused-ring (bicyclic) bond motifs is 3. The van der Waals surface area contributed by atoms with Gasteiger partial charge >= 0.3 is 0 Å². The van der Waals surface area contributed by atoms with E-state index in [-0.39, 0.29) is 0 Å². The van der Waals surface area contributed by atoms with Crippen molar-refractivity contribution in [2.24, 2.45) is 0 Å². The van der Waals surface area contributed by atoms with E-state index < -0.39 is 0 Å². The van der Waals surface area contributed by atoms with E-state index in [1.54, 1.807) is 6.33 Å². The molecule has 5 aromatic rings. The van der Waals surface area contributed by atoms with Gasteiger partial charge in [-0.3, -0.25) is 9.38 Å². The normalized spacial score (nSPS) is 11.3. The van der Waals surface area contributed by atoms with Gasteiger partial charge in [0.25, 0.3) is 5.78 Å². The van der Waals surface area contributed by atoms with Crippen molar-refractivity contribution in [3.63, 3.8) is 0 Å². The number of rotatable bonds is 3. The van der Waals surface area contributed by atoms with E-state index in [9.17, 15) is 0 Å². The van der Waals surface area contributed by atoms with Gasteiger partial charge in [-0.15, -0.1) is 10.2 Å². The molecule has 3 aromatic heterocycles. The second-order valence-electron chi connectivity index (χ2n) is 7.29. The molecule has 0 spiro atoms. The molecule has 0 aliphatic heterocycles. The van der Waals surface area contributed by atoms with Crippen LogP contribution in [0.2, 0.25) is 0 Å². The van der Waals surface area contributed by atoms with E-state index in [0.717, 1.165) is 39.2 Å². The summed E-state index contributed by atoms with van der Waals surface area (Å²) in [5.74, 6) is 1.43. The van der Waals surface area contributed by atoms with Crippen molar-refractivity contribution >= 4 is 28.2 Å². The monoisotopic (exact) mass is 380 g/mol. The quantitative estimate of drug-likeness (QED) is 0.453. The Bertz CT molecular complexity index is 1340. The highest BCUT2D eigenvalue weighted by Crippen LogP contribution is 2.32. The molecule has 3 heterocycles. The molecule has 5 rings (SSSR count). The smallest absolute Gasteiger partial charge is 0.257 e. The average molecular weight is 380 g/mol. The van der Waals surface area contributed by atoms with Crippen molar-refractivity contribution in [1.29, 1.82) is 0 Å². The van der Waals surface area contributed by atoms with Gasteiger partial charge in [-0.1, -0.05) is 24.3 Å². The lowest BCUT2D eigenvalue weighted by atomic mass is 10.1. The summed E-state index contributed by atoms with van der Waals surface area (Å²) >= 11 is 0. The summed E-state index contributed by atoms with van der Waals surface area (Å²) in [4.78, 5) is 11.4. The van der Waals surface area contributed by atoms with Gasteiger partial charge in [0.15, 0.2) is 0 Å². The maximum Gasteiger partial charge on any atom is 0.257 e. The predicted octanol–water partition coefficient (Wildman–Crippen LogP) is 4.72. The minimum Gasteiger partial charge on any atom is -0.329 e. The molecule has 0 saturated heterocycles. The van der Waals surface area contributed by atoms with Gasteiger partial charge in [-0.25, -0.2) is 0 Å². The molecular formula is C23H20N6. The second kappa shape index (κ2) is 6.67. The van der Waals surface area contributed by atoms with E-state index in [4.69, 9.17) is 4.98 Å².